The van der Waals surface area contributed by atoms with E-state index in [0.717, 1.165) is 11.1 Å². The Hall–Kier alpha value is -1.97. The minimum atomic E-state index is -1.96. The van der Waals surface area contributed by atoms with Crippen molar-refractivity contribution in [3.05, 3.63) is 60.2 Å². The number of carbonyl (C=O) groups is 1. The molecule has 3 heteroatoms. The van der Waals surface area contributed by atoms with Crippen molar-refractivity contribution in [1.82, 2.24) is 0 Å². The molecule has 0 radical (unpaired) electrons. The van der Waals surface area contributed by atoms with Gasteiger partial charge in [0.25, 0.3) is 0 Å². The highest BCUT2D eigenvalue weighted by Gasteiger charge is 2.13. The van der Waals surface area contributed by atoms with Gasteiger partial charge in [0.15, 0.2) is 0 Å². The summed E-state index contributed by atoms with van der Waals surface area (Å²) in [7, 11) is 0. The topological polar surface area (TPSA) is 57.5 Å². The fraction of sp³-hybridized carbons (Fsp3) is 0.0714. The Morgan fingerprint density at radius 2 is 1.53 bits per heavy atom. The molecule has 2 rings (SSSR count). The molecule has 17 heavy (non-hydrogen) atoms. The van der Waals surface area contributed by atoms with Gasteiger partial charge in [-0.2, -0.15) is 0 Å². The van der Waals surface area contributed by atoms with Gasteiger partial charge in [-0.15, -0.1) is 0 Å². The van der Waals surface area contributed by atoms with Crippen LogP contribution >= 0.6 is 0 Å². The van der Waals surface area contributed by atoms with Gasteiger partial charge in [-0.3, -0.25) is 4.79 Å². The van der Waals surface area contributed by atoms with Crippen LogP contribution in [0.5, 0.6) is 0 Å². The molecule has 0 heterocycles. The van der Waals surface area contributed by atoms with Gasteiger partial charge in [0.2, 0.25) is 12.1 Å². The van der Waals surface area contributed by atoms with E-state index < -0.39 is 12.1 Å². The van der Waals surface area contributed by atoms with E-state index >= 15 is 0 Å². The van der Waals surface area contributed by atoms with Crippen LogP contribution in [0, 0.1) is 0 Å². The molecule has 0 aliphatic carbocycles. The number of rotatable bonds is 3. The molecule has 2 aromatic carbocycles. The first kappa shape index (κ1) is 11.5. The fourth-order valence-corrected chi connectivity index (χ4v) is 1.63. The van der Waals surface area contributed by atoms with Gasteiger partial charge < -0.3 is 10.2 Å². The van der Waals surface area contributed by atoms with Gasteiger partial charge in [-0.1, -0.05) is 48.5 Å². The van der Waals surface area contributed by atoms with Crippen LogP contribution in [0.4, 0.5) is 0 Å². The molecule has 0 unspecified atom stereocenters. The number of carbonyl (C=O) groups excluding carboxylic acids is 1. The zero-order valence-corrected chi connectivity index (χ0v) is 9.08. The Labute approximate surface area is 99.0 Å². The van der Waals surface area contributed by atoms with E-state index in [0.29, 0.717) is 5.56 Å². The van der Waals surface area contributed by atoms with Crippen molar-refractivity contribution in [2.75, 3.05) is 0 Å². The van der Waals surface area contributed by atoms with Crippen molar-refractivity contribution < 1.29 is 15.0 Å². The number of ketones is 1. The van der Waals surface area contributed by atoms with E-state index in [1.54, 1.807) is 18.2 Å². The Bertz CT molecular complexity index is 518. The second-order valence-electron chi connectivity index (χ2n) is 3.68. The highest BCUT2D eigenvalue weighted by atomic mass is 16.5. The van der Waals surface area contributed by atoms with Gasteiger partial charge in [-0.25, -0.2) is 0 Å². The maximum atomic E-state index is 11.4. The summed E-state index contributed by atoms with van der Waals surface area (Å²) in [5, 5.41) is 17.7. The minimum absolute atomic E-state index is 0.293. The van der Waals surface area contributed by atoms with E-state index in [1.807, 2.05) is 36.4 Å². The molecule has 0 amide bonds. The van der Waals surface area contributed by atoms with Crippen molar-refractivity contribution in [1.29, 1.82) is 0 Å². The highest BCUT2D eigenvalue weighted by Crippen LogP contribution is 2.20. The quantitative estimate of drug-likeness (QED) is 0.622. The maximum Gasteiger partial charge on any atom is 0.218 e. The third-order valence-electron chi connectivity index (χ3n) is 2.49. The summed E-state index contributed by atoms with van der Waals surface area (Å²) >= 11 is 0. The third kappa shape index (κ3) is 2.58. The molecule has 0 saturated carbocycles. The largest absolute Gasteiger partial charge is 0.362 e. The number of Topliss-reactive ketones (excluding diaryl/α,β-unsaturated/α-hetero) is 1. The van der Waals surface area contributed by atoms with Crippen LogP contribution in [0.25, 0.3) is 11.1 Å². The molecule has 0 spiro atoms. The van der Waals surface area contributed by atoms with Gasteiger partial charge in [0, 0.05) is 5.56 Å². The lowest BCUT2D eigenvalue weighted by molar-refractivity contribution is -0.0195. The van der Waals surface area contributed by atoms with E-state index in [1.165, 1.54) is 0 Å². The molecule has 0 atom stereocenters. The summed E-state index contributed by atoms with van der Waals surface area (Å²) in [6.45, 7) is 0. The molecule has 86 valence electrons. The zero-order chi connectivity index (χ0) is 12.3. The summed E-state index contributed by atoms with van der Waals surface area (Å²) in [5.41, 5.74) is 2.15. The predicted octanol–water partition coefficient (Wildman–Crippen LogP) is 1.85. The molecule has 0 saturated heterocycles. The molecular formula is C14H12O3. The van der Waals surface area contributed by atoms with Gasteiger partial charge in [0.1, 0.15) is 0 Å². The molecule has 0 aliphatic heterocycles. The van der Waals surface area contributed by atoms with E-state index in [-0.39, 0.29) is 0 Å². The zero-order valence-electron chi connectivity index (χ0n) is 9.08. The van der Waals surface area contributed by atoms with Gasteiger partial charge >= 0.3 is 0 Å². The van der Waals surface area contributed by atoms with Crippen molar-refractivity contribution >= 4 is 5.78 Å². The average molecular weight is 228 g/mol. The summed E-state index contributed by atoms with van der Waals surface area (Å²) in [6, 6.07) is 16.4. The number of hydrogen-bond acceptors (Lipinski definition) is 3. The monoisotopic (exact) mass is 228 g/mol. The number of aliphatic hydroxyl groups excluding tert-OH is 1. The highest BCUT2D eigenvalue weighted by molar-refractivity contribution is 5.99. The first-order chi connectivity index (χ1) is 8.18. The second kappa shape index (κ2) is 4.91. The van der Waals surface area contributed by atoms with Crippen molar-refractivity contribution in [2.45, 2.75) is 6.29 Å². The van der Waals surface area contributed by atoms with Crippen molar-refractivity contribution in [3.8, 4) is 11.1 Å². The molecule has 0 aromatic heterocycles. The van der Waals surface area contributed by atoms with Crippen molar-refractivity contribution in [2.24, 2.45) is 0 Å². The number of hydrogen-bond donors (Lipinski definition) is 2. The smallest absolute Gasteiger partial charge is 0.218 e. The normalized spacial score (nSPS) is 10.5. The first-order valence-corrected chi connectivity index (χ1v) is 5.24. The van der Waals surface area contributed by atoms with E-state index in [9.17, 15) is 4.79 Å². The molecule has 0 aliphatic rings. The van der Waals surface area contributed by atoms with Crippen molar-refractivity contribution in [3.63, 3.8) is 0 Å². The van der Waals surface area contributed by atoms with Gasteiger partial charge in [0.05, 0.1) is 0 Å². The summed E-state index contributed by atoms with van der Waals surface area (Å²) in [4.78, 5) is 11.4. The Morgan fingerprint density at radius 3 is 2.18 bits per heavy atom. The average Bonchev–Trinajstić information content (AvgIpc) is 2.39. The lowest BCUT2D eigenvalue weighted by atomic mass is 10.0. The Kier molecular flexibility index (Phi) is 3.32. The van der Waals surface area contributed by atoms with Crippen LogP contribution < -0.4 is 0 Å². The van der Waals surface area contributed by atoms with Crippen LogP contribution in [-0.4, -0.2) is 22.3 Å². The Morgan fingerprint density at radius 1 is 0.882 bits per heavy atom. The van der Waals surface area contributed by atoms with Crippen LogP contribution in [-0.2, 0) is 0 Å². The second-order valence-corrected chi connectivity index (χ2v) is 3.68. The summed E-state index contributed by atoms with van der Waals surface area (Å²) in [5.74, 6) is -0.692. The van der Waals surface area contributed by atoms with Crippen LogP contribution in [0.1, 0.15) is 10.4 Å². The lowest BCUT2D eigenvalue weighted by Gasteiger charge is -2.06. The molecular weight excluding hydrogens is 216 g/mol. The summed E-state index contributed by atoms with van der Waals surface area (Å²) in [6.07, 6.45) is -1.96. The van der Waals surface area contributed by atoms with Gasteiger partial charge in [-0.05, 0) is 17.2 Å². The number of aliphatic hydroxyl groups is 2. The Balaban J connectivity index is 2.39. The molecule has 0 fully saturated rings. The van der Waals surface area contributed by atoms with Crippen LogP contribution in [0.3, 0.4) is 0 Å². The SMILES string of the molecule is O=C(c1cccc(-c2ccccc2)c1)C(O)O. The minimum Gasteiger partial charge on any atom is -0.362 e. The fourth-order valence-electron chi connectivity index (χ4n) is 1.63. The summed E-state index contributed by atoms with van der Waals surface area (Å²) < 4.78 is 0. The third-order valence-corrected chi connectivity index (χ3v) is 2.49. The molecule has 2 aromatic rings. The molecule has 2 N–H and O–H groups in total. The molecule has 0 bridgehead atoms. The number of benzene rings is 2. The maximum absolute atomic E-state index is 11.4. The van der Waals surface area contributed by atoms with Crippen LogP contribution in [0.15, 0.2) is 54.6 Å². The predicted molar refractivity (Wildman–Crippen MR) is 64.4 cm³/mol. The first-order valence-electron chi connectivity index (χ1n) is 5.24. The molecule has 3 nitrogen and oxygen atoms in total. The standard InChI is InChI=1S/C14H12O3/c15-13(14(16)17)12-8-4-7-11(9-12)10-5-2-1-3-6-10/h1-9,14,16-17H. The lowest BCUT2D eigenvalue weighted by Crippen LogP contribution is -2.19. The van der Waals surface area contributed by atoms with Crippen LogP contribution in [0.2, 0.25) is 0 Å². The van der Waals surface area contributed by atoms with E-state index in [2.05, 4.69) is 0 Å². The van der Waals surface area contributed by atoms with E-state index in [4.69, 9.17) is 10.2 Å².